The zero-order valence-electron chi connectivity index (χ0n) is 15.7. The fourth-order valence-corrected chi connectivity index (χ4v) is 20.2. The van der Waals surface area contributed by atoms with Crippen molar-refractivity contribution in [2.45, 2.75) is 77.6 Å². The molecule has 24 heavy (non-hydrogen) atoms. The molecule has 5 heteroatoms. The summed E-state index contributed by atoms with van der Waals surface area (Å²) in [6, 6.07) is 2.19. The van der Waals surface area contributed by atoms with E-state index in [0.717, 1.165) is 0 Å². The van der Waals surface area contributed by atoms with Gasteiger partial charge in [0.1, 0.15) is 0 Å². The predicted molar refractivity (Wildman–Crippen MR) is 114 cm³/mol. The van der Waals surface area contributed by atoms with Crippen molar-refractivity contribution in [3.63, 3.8) is 0 Å². The molecule has 0 bridgehead atoms. The van der Waals surface area contributed by atoms with Crippen LogP contribution in [0.1, 0.15) is 59.3 Å². The third-order valence-electron chi connectivity index (χ3n) is 4.98. The van der Waals surface area contributed by atoms with Gasteiger partial charge in [0, 0.05) is 0 Å². The van der Waals surface area contributed by atoms with Gasteiger partial charge in [0.2, 0.25) is 0 Å². The van der Waals surface area contributed by atoms with Gasteiger partial charge in [-0.15, -0.1) is 0 Å². The Hall–Kier alpha value is 0.189. The third kappa shape index (κ3) is 4.88. The van der Waals surface area contributed by atoms with Crippen molar-refractivity contribution in [1.29, 1.82) is 0 Å². The maximum absolute atomic E-state index is 5.17. The van der Waals surface area contributed by atoms with E-state index in [4.69, 9.17) is 9.97 Å². The summed E-state index contributed by atoms with van der Waals surface area (Å²) in [5, 5.41) is 4.64. The molecule has 2 nitrogen and oxygen atoms in total. The summed E-state index contributed by atoms with van der Waals surface area (Å²) < 4.78 is 5.65. The topological polar surface area (TPSA) is 25.8 Å². The number of nitrogens with zero attached hydrogens (tertiary/aromatic N) is 2. The van der Waals surface area contributed by atoms with Gasteiger partial charge in [0.05, 0.1) is 0 Å². The van der Waals surface area contributed by atoms with E-state index in [1.54, 1.807) is 23.1 Å². The van der Waals surface area contributed by atoms with Crippen molar-refractivity contribution in [1.82, 2.24) is 9.97 Å². The van der Waals surface area contributed by atoms with E-state index in [-0.39, 0.29) is 0 Å². The number of fused-ring (bicyclic) bond motifs is 1. The molecule has 0 amide bonds. The molecule has 0 aliphatic carbocycles. The number of unbranched alkanes of at least 4 members (excludes halogenated alkanes) is 3. The van der Waals surface area contributed by atoms with Crippen LogP contribution in [-0.4, -0.2) is 34.6 Å². The van der Waals surface area contributed by atoms with Crippen LogP contribution >= 0.6 is 23.1 Å². The summed E-state index contributed by atoms with van der Waals surface area (Å²) in [7, 11) is 0. The van der Waals surface area contributed by atoms with Crippen LogP contribution in [0.25, 0.3) is 10.2 Å². The van der Waals surface area contributed by atoms with Crippen molar-refractivity contribution in [2.75, 3.05) is 6.26 Å². The van der Waals surface area contributed by atoms with Gasteiger partial charge in [0.15, 0.2) is 0 Å². The first kappa shape index (κ1) is 20.5. The molecule has 2 aromatic heterocycles. The van der Waals surface area contributed by atoms with Gasteiger partial charge in [-0.2, -0.15) is 0 Å². The van der Waals surface area contributed by atoms with Crippen LogP contribution in [0.5, 0.6) is 0 Å². The molecule has 0 unspecified atom stereocenters. The number of thiophene rings is 1. The van der Waals surface area contributed by atoms with Crippen molar-refractivity contribution in [3.05, 3.63) is 11.4 Å². The van der Waals surface area contributed by atoms with E-state index in [9.17, 15) is 0 Å². The summed E-state index contributed by atoms with van der Waals surface area (Å²) in [5.74, 6) is 0. The summed E-state index contributed by atoms with van der Waals surface area (Å²) in [6.45, 7) is 6.98. The Morgan fingerprint density at radius 2 is 1.54 bits per heavy atom. The third-order valence-corrected chi connectivity index (χ3v) is 21.1. The first-order valence-corrected chi connectivity index (χ1v) is 19.1. The number of hydrogen-bond donors (Lipinski definition) is 0. The maximum atomic E-state index is 5.17. The average molecular weight is 471 g/mol. The molecule has 0 spiro atoms. The van der Waals surface area contributed by atoms with Gasteiger partial charge >= 0.3 is 161 Å². The normalized spacial score (nSPS) is 12.2. The molecular formula is C19H32N2S2Sn. The molecule has 0 saturated carbocycles. The minimum absolute atomic E-state index is 1.21. The first-order valence-electron chi connectivity index (χ1n) is 9.50. The Morgan fingerprint density at radius 3 is 2.04 bits per heavy atom. The van der Waals surface area contributed by atoms with Gasteiger partial charge in [-0.3, -0.25) is 0 Å². The second-order valence-corrected chi connectivity index (χ2v) is 21.3. The Labute approximate surface area is 160 Å². The van der Waals surface area contributed by atoms with Crippen LogP contribution in [-0.2, 0) is 0 Å². The standard InChI is InChI=1S/C7H5N2S2.3C4H9.Sn/c1-10-6-5-2-3-11-7(5)9-4-8-6;3*1-3-4-2;/h2-3H,1H3;3*1,3-4H2,2H3;. The van der Waals surface area contributed by atoms with E-state index in [2.05, 4.69) is 38.5 Å². The molecule has 2 rings (SSSR count). The van der Waals surface area contributed by atoms with Gasteiger partial charge in [0.25, 0.3) is 0 Å². The van der Waals surface area contributed by atoms with Crippen LogP contribution in [0, 0.1) is 0 Å². The van der Waals surface area contributed by atoms with Crippen LogP contribution in [0.15, 0.2) is 16.5 Å². The predicted octanol–water partition coefficient (Wildman–Crippen LogP) is 6.47. The Morgan fingerprint density at radius 1 is 0.958 bits per heavy atom. The number of rotatable bonds is 11. The Kier molecular flexibility index (Phi) is 8.85. The monoisotopic (exact) mass is 472 g/mol. The molecular weight excluding hydrogens is 439 g/mol. The molecule has 0 aliphatic heterocycles. The summed E-state index contributed by atoms with van der Waals surface area (Å²) in [5.41, 5.74) is 0. The van der Waals surface area contributed by atoms with Crippen LogP contribution in [0.2, 0.25) is 13.3 Å². The molecule has 0 aromatic carbocycles. The molecule has 0 aliphatic rings. The fourth-order valence-electron chi connectivity index (χ4n) is 3.48. The van der Waals surface area contributed by atoms with Crippen LogP contribution in [0.3, 0.4) is 0 Å². The molecule has 0 atom stereocenters. The zero-order valence-corrected chi connectivity index (χ0v) is 20.2. The molecule has 0 N–H and O–H groups in total. The van der Waals surface area contributed by atoms with Gasteiger partial charge in [-0.25, -0.2) is 0 Å². The van der Waals surface area contributed by atoms with Gasteiger partial charge in [-0.05, 0) is 0 Å². The molecule has 0 saturated heterocycles. The van der Waals surface area contributed by atoms with E-state index in [1.807, 2.05) is 0 Å². The fraction of sp³-hybridized carbons (Fsp3) is 0.684. The van der Waals surface area contributed by atoms with Gasteiger partial charge in [-0.1, -0.05) is 0 Å². The van der Waals surface area contributed by atoms with Gasteiger partial charge < -0.3 is 0 Å². The molecule has 0 fully saturated rings. The second kappa shape index (κ2) is 10.4. The molecule has 2 heterocycles. The Balaban J connectivity index is 2.49. The van der Waals surface area contributed by atoms with Crippen molar-refractivity contribution < 1.29 is 0 Å². The number of thioether (sulfide) groups is 1. The quantitative estimate of drug-likeness (QED) is 0.214. The summed E-state index contributed by atoms with van der Waals surface area (Å²) >= 11 is 1.07. The number of hydrogen-bond acceptors (Lipinski definition) is 4. The second-order valence-electron chi connectivity index (χ2n) is 6.79. The minimum atomic E-state index is -2.51. The van der Waals surface area contributed by atoms with Crippen molar-refractivity contribution in [2.24, 2.45) is 0 Å². The Bertz CT molecular complexity index is 605. The van der Waals surface area contributed by atoms with Crippen LogP contribution < -0.4 is 3.84 Å². The SMILES string of the molecule is CCC[CH2][Sn]([CH2]CCC)([CH2]CCC)[c]1nc(SC)c2ccsc2n1. The van der Waals surface area contributed by atoms with E-state index >= 15 is 0 Å². The number of aromatic nitrogens is 2. The molecule has 2 aromatic rings. The molecule has 0 radical (unpaired) electrons. The van der Waals surface area contributed by atoms with E-state index in [0.29, 0.717) is 0 Å². The molecule has 134 valence electrons. The zero-order chi connectivity index (χ0) is 17.4. The summed E-state index contributed by atoms with van der Waals surface area (Å²) in [6.07, 6.45) is 10.1. The summed E-state index contributed by atoms with van der Waals surface area (Å²) in [4.78, 5) is 11.6. The van der Waals surface area contributed by atoms with Crippen molar-refractivity contribution in [3.8, 4) is 0 Å². The van der Waals surface area contributed by atoms with Crippen LogP contribution in [0.4, 0.5) is 0 Å². The van der Waals surface area contributed by atoms with E-state index < -0.39 is 18.4 Å². The average Bonchev–Trinajstić information content (AvgIpc) is 3.09. The van der Waals surface area contributed by atoms with Crippen molar-refractivity contribution >= 4 is 55.5 Å². The van der Waals surface area contributed by atoms with E-state index in [1.165, 1.54) is 70.9 Å². The first-order chi connectivity index (χ1) is 11.7.